The van der Waals surface area contributed by atoms with Crippen LogP contribution in [0.1, 0.15) is 0 Å². The van der Waals surface area contributed by atoms with Crippen molar-refractivity contribution in [3.05, 3.63) is 127 Å². The van der Waals surface area contributed by atoms with Gasteiger partial charge in [-0.15, -0.1) is 11.3 Å². The normalized spacial score (nSPS) is 11.8. The predicted molar refractivity (Wildman–Crippen MR) is 159 cm³/mol. The molecule has 8 rings (SSSR count). The Morgan fingerprint density at radius 2 is 1.08 bits per heavy atom. The average Bonchev–Trinajstić information content (AvgIpc) is 3.50. The molecule has 0 N–H and O–H groups in total. The van der Waals surface area contributed by atoms with Gasteiger partial charge in [0.05, 0.1) is 0 Å². The van der Waals surface area contributed by atoms with Crippen molar-refractivity contribution in [1.82, 2.24) is 0 Å². The van der Waals surface area contributed by atoms with Gasteiger partial charge in [0.1, 0.15) is 11.2 Å². The Labute approximate surface area is 217 Å². The Bertz CT molecular complexity index is 2100. The van der Waals surface area contributed by atoms with E-state index in [-0.39, 0.29) is 0 Å². The van der Waals surface area contributed by atoms with Crippen LogP contribution in [0.4, 0.5) is 17.1 Å². The Hall–Kier alpha value is -4.60. The molecule has 0 amide bonds. The van der Waals surface area contributed by atoms with Crippen molar-refractivity contribution in [3.8, 4) is 0 Å². The number of fused-ring (bicyclic) bond motifs is 7. The molecule has 0 aliphatic carbocycles. The second kappa shape index (κ2) is 7.95. The van der Waals surface area contributed by atoms with Crippen LogP contribution in [0.5, 0.6) is 0 Å². The topological polar surface area (TPSA) is 16.4 Å². The van der Waals surface area contributed by atoms with Gasteiger partial charge in [-0.2, -0.15) is 0 Å². The van der Waals surface area contributed by atoms with Crippen molar-refractivity contribution < 1.29 is 4.42 Å². The highest BCUT2D eigenvalue weighted by Crippen LogP contribution is 2.42. The molecule has 0 saturated heterocycles. The van der Waals surface area contributed by atoms with E-state index < -0.39 is 0 Å². The van der Waals surface area contributed by atoms with Gasteiger partial charge < -0.3 is 9.32 Å². The van der Waals surface area contributed by atoms with Gasteiger partial charge in [-0.3, -0.25) is 0 Å². The summed E-state index contributed by atoms with van der Waals surface area (Å²) in [5.74, 6) is 0. The summed E-state index contributed by atoms with van der Waals surface area (Å²) in [4.78, 5) is 2.34. The van der Waals surface area contributed by atoms with E-state index in [0.717, 1.165) is 39.0 Å². The first kappa shape index (κ1) is 20.6. The van der Waals surface area contributed by atoms with Crippen LogP contribution in [-0.2, 0) is 0 Å². The third kappa shape index (κ3) is 3.25. The molecule has 2 nitrogen and oxygen atoms in total. The maximum absolute atomic E-state index is 6.11. The highest BCUT2D eigenvalue weighted by atomic mass is 32.1. The maximum Gasteiger partial charge on any atom is 0.135 e. The number of rotatable bonds is 3. The molecular weight excluding hydrogens is 470 g/mol. The van der Waals surface area contributed by atoms with Gasteiger partial charge in [0.2, 0.25) is 0 Å². The van der Waals surface area contributed by atoms with E-state index in [2.05, 4.69) is 120 Å². The minimum absolute atomic E-state index is 0.907. The minimum atomic E-state index is 0.907. The van der Waals surface area contributed by atoms with Crippen molar-refractivity contribution in [2.45, 2.75) is 0 Å². The van der Waals surface area contributed by atoms with Crippen molar-refractivity contribution in [1.29, 1.82) is 0 Å². The number of hydrogen-bond donors (Lipinski definition) is 0. The summed E-state index contributed by atoms with van der Waals surface area (Å²) in [6, 6.07) is 45.4. The molecule has 2 heterocycles. The lowest BCUT2D eigenvalue weighted by Crippen LogP contribution is -2.09. The van der Waals surface area contributed by atoms with E-state index in [0.29, 0.717) is 0 Å². The standard InChI is InChI=1S/C34H21NOS/c1-2-10-24(11-3-1)35(25-14-16-32-28(20-25)27-12-6-7-13-31(27)36-32)26-15-17-33-30(21-26)29-18-22-8-4-5-9-23(22)19-34(29)37-33/h1-21H. The van der Waals surface area contributed by atoms with Crippen molar-refractivity contribution in [3.63, 3.8) is 0 Å². The number of hydrogen-bond acceptors (Lipinski definition) is 3. The SMILES string of the molecule is c1ccc(N(c2ccc3oc4ccccc4c3c2)c2ccc3sc4cc5ccccc5cc4c3c2)cc1. The molecular formula is C34H21NOS. The molecule has 0 radical (unpaired) electrons. The van der Waals surface area contributed by atoms with E-state index in [1.165, 1.54) is 30.9 Å². The second-order valence-corrected chi connectivity index (χ2v) is 10.5. The lowest BCUT2D eigenvalue weighted by atomic mass is 10.1. The van der Waals surface area contributed by atoms with Crippen LogP contribution in [0.3, 0.4) is 0 Å². The summed E-state index contributed by atoms with van der Waals surface area (Å²) >= 11 is 1.86. The van der Waals surface area contributed by atoms with Crippen LogP contribution in [0.15, 0.2) is 132 Å². The number of anilines is 3. The van der Waals surface area contributed by atoms with E-state index in [1.807, 2.05) is 23.5 Å². The number of benzene rings is 6. The van der Waals surface area contributed by atoms with Crippen molar-refractivity contribution in [2.75, 3.05) is 4.90 Å². The van der Waals surface area contributed by atoms with Gasteiger partial charge in [0.25, 0.3) is 0 Å². The molecule has 0 bridgehead atoms. The van der Waals surface area contributed by atoms with E-state index in [1.54, 1.807) is 0 Å². The smallest absolute Gasteiger partial charge is 0.135 e. The Morgan fingerprint density at radius 3 is 1.95 bits per heavy atom. The molecule has 2 aromatic heterocycles. The molecule has 0 fully saturated rings. The van der Waals surface area contributed by atoms with E-state index >= 15 is 0 Å². The number of furan rings is 1. The van der Waals surface area contributed by atoms with Crippen LogP contribution < -0.4 is 4.90 Å². The zero-order valence-corrected chi connectivity index (χ0v) is 20.7. The highest BCUT2D eigenvalue weighted by molar-refractivity contribution is 7.25. The Morgan fingerprint density at radius 1 is 0.432 bits per heavy atom. The summed E-state index contributed by atoms with van der Waals surface area (Å²) < 4.78 is 8.74. The largest absolute Gasteiger partial charge is 0.456 e. The molecule has 0 atom stereocenters. The molecule has 0 spiro atoms. The summed E-state index contributed by atoms with van der Waals surface area (Å²) in [6.45, 7) is 0. The summed E-state index contributed by atoms with van der Waals surface area (Å²) in [7, 11) is 0. The van der Waals surface area contributed by atoms with Crippen LogP contribution in [0.25, 0.3) is 52.9 Å². The third-order valence-corrected chi connectivity index (χ3v) is 8.35. The molecule has 174 valence electrons. The summed E-state index contributed by atoms with van der Waals surface area (Å²) in [6.07, 6.45) is 0. The second-order valence-electron chi connectivity index (χ2n) is 9.43. The lowest BCUT2D eigenvalue weighted by Gasteiger charge is -2.25. The summed E-state index contributed by atoms with van der Waals surface area (Å²) in [5.41, 5.74) is 5.19. The first-order valence-electron chi connectivity index (χ1n) is 12.4. The van der Waals surface area contributed by atoms with Gasteiger partial charge >= 0.3 is 0 Å². The van der Waals surface area contributed by atoms with Crippen molar-refractivity contribution in [2.24, 2.45) is 0 Å². The quantitative estimate of drug-likeness (QED) is 0.244. The fourth-order valence-corrected chi connectivity index (χ4v) is 6.58. The number of para-hydroxylation sites is 2. The van der Waals surface area contributed by atoms with Gasteiger partial charge in [0, 0.05) is 48.0 Å². The molecule has 0 aliphatic rings. The minimum Gasteiger partial charge on any atom is -0.456 e. The first-order chi connectivity index (χ1) is 18.3. The van der Waals surface area contributed by atoms with Gasteiger partial charge in [-0.25, -0.2) is 0 Å². The fraction of sp³-hybridized carbons (Fsp3) is 0. The Kier molecular flexibility index (Phi) is 4.42. The lowest BCUT2D eigenvalue weighted by molar-refractivity contribution is 0.669. The van der Waals surface area contributed by atoms with Gasteiger partial charge in [-0.05, 0) is 77.5 Å². The molecule has 0 saturated carbocycles. The monoisotopic (exact) mass is 491 g/mol. The third-order valence-electron chi connectivity index (χ3n) is 7.21. The zero-order valence-electron chi connectivity index (χ0n) is 19.9. The Balaban J connectivity index is 1.37. The zero-order chi connectivity index (χ0) is 24.3. The fourth-order valence-electron chi connectivity index (χ4n) is 5.47. The molecule has 3 heteroatoms. The molecule has 37 heavy (non-hydrogen) atoms. The van der Waals surface area contributed by atoms with E-state index in [9.17, 15) is 0 Å². The molecule has 0 unspecified atom stereocenters. The molecule has 6 aromatic carbocycles. The van der Waals surface area contributed by atoms with Gasteiger partial charge in [0.15, 0.2) is 0 Å². The van der Waals surface area contributed by atoms with E-state index in [4.69, 9.17) is 4.42 Å². The van der Waals surface area contributed by atoms with Gasteiger partial charge in [-0.1, -0.05) is 60.7 Å². The van der Waals surface area contributed by atoms with Crippen LogP contribution in [-0.4, -0.2) is 0 Å². The predicted octanol–water partition coefficient (Wildman–Crippen LogP) is 10.6. The number of thiophene rings is 1. The van der Waals surface area contributed by atoms with Crippen LogP contribution >= 0.6 is 11.3 Å². The molecule has 0 aliphatic heterocycles. The first-order valence-corrected chi connectivity index (χ1v) is 13.2. The van der Waals surface area contributed by atoms with Crippen LogP contribution in [0, 0.1) is 0 Å². The maximum atomic E-state index is 6.11. The summed E-state index contributed by atoms with van der Waals surface area (Å²) in [5, 5.41) is 7.43. The highest BCUT2D eigenvalue weighted by Gasteiger charge is 2.17. The molecule has 8 aromatic rings. The average molecular weight is 492 g/mol. The van der Waals surface area contributed by atoms with Crippen LogP contribution in [0.2, 0.25) is 0 Å². The van der Waals surface area contributed by atoms with Crippen molar-refractivity contribution >= 4 is 81.3 Å². The number of nitrogens with zero attached hydrogens (tertiary/aromatic N) is 1.